The number of hydrogen-bond acceptors (Lipinski definition) is 8. The summed E-state index contributed by atoms with van der Waals surface area (Å²) >= 11 is 2.99. The first-order valence-corrected chi connectivity index (χ1v) is 10.3. The number of para-hydroxylation sites is 1. The maximum absolute atomic E-state index is 12.7. The van der Waals surface area contributed by atoms with Crippen LogP contribution in [0.5, 0.6) is 0 Å². The van der Waals surface area contributed by atoms with Gasteiger partial charge in [0, 0.05) is 12.9 Å². The van der Waals surface area contributed by atoms with Crippen molar-refractivity contribution < 1.29 is 9.53 Å². The first-order valence-electron chi connectivity index (χ1n) is 8.49. The molecule has 27 heavy (non-hydrogen) atoms. The van der Waals surface area contributed by atoms with Gasteiger partial charge in [0.25, 0.3) is 5.91 Å². The smallest absolute Gasteiger partial charge is 0.280 e. The van der Waals surface area contributed by atoms with Crippen molar-refractivity contribution in [3.8, 4) is 5.69 Å². The fraction of sp³-hybridized carbons (Fsp3) is 0.353. The monoisotopic (exact) mass is 404 g/mol. The molecule has 1 amide bonds. The molecule has 0 aliphatic heterocycles. The van der Waals surface area contributed by atoms with E-state index in [0.29, 0.717) is 10.8 Å². The molecule has 0 aliphatic carbocycles. The molecule has 0 saturated heterocycles. The van der Waals surface area contributed by atoms with Crippen LogP contribution in [0.15, 0.2) is 34.7 Å². The van der Waals surface area contributed by atoms with Crippen LogP contribution >= 0.6 is 23.1 Å². The van der Waals surface area contributed by atoms with Gasteiger partial charge >= 0.3 is 0 Å². The average molecular weight is 405 g/mol. The van der Waals surface area contributed by atoms with Crippen molar-refractivity contribution in [3.63, 3.8) is 0 Å². The lowest BCUT2D eigenvalue weighted by molar-refractivity contribution is 0.101. The van der Waals surface area contributed by atoms with Crippen molar-refractivity contribution in [1.82, 2.24) is 25.2 Å². The van der Waals surface area contributed by atoms with Crippen molar-refractivity contribution in [3.05, 3.63) is 41.7 Å². The number of nitrogens with zero attached hydrogens (tertiary/aromatic N) is 5. The Morgan fingerprint density at radius 2 is 2.07 bits per heavy atom. The second-order valence-electron chi connectivity index (χ2n) is 5.59. The highest BCUT2D eigenvalue weighted by Gasteiger charge is 2.21. The molecule has 0 atom stereocenters. The minimum atomic E-state index is -0.384. The number of nitrogens with one attached hydrogen (secondary N) is 1. The van der Waals surface area contributed by atoms with Gasteiger partial charge in [-0.25, -0.2) is 4.68 Å². The molecule has 0 bridgehead atoms. The zero-order chi connectivity index (χ0) is 19.1. The Kier molecular flexibility index (Phi) is 6.91. The van der Waals surface area contributed by atoms with E-state index in [9.17, 15) is 4.79 Å². The van der Waals surface area contributed by atoms with E-state index in [1.54, 1.807) is 23.6 Å². The van der Waals surface area contributed by atoms with Crippen LogP contribution in [-0.4, -0.2) is 44.0 Å². The Morgan fingerprint density at radius 1 is 1.26 bits per heavy atom. The van der Waals surface area contributed by atoms with E-state index in [0.717, 1.165) is 28.6 Å². The number of rotatable bonds is 9. The van der Waals surface area contributed by atoms with Crippen molar-refractivity contribution in [2.75, 3.05) is 18.2 Å². The molecule has 0 radical (unpaired) electrons. The fourth-order valence-electron chi connectivity index (χ4n) is 2.30. The van der Waals surface area contributed by atoms with Gasteiger partial charge < -0.3 is 4.74 Å². The number of aromatic nitrogens is 5. The fourth-order valence-corrected chi connectivity index (χ4v) is 4.20. The Balaban J connectivity index is 1.76. The summed E-state index contributed by atoms with van der Waals surface area (Å²) in [5, 5.41) is 19.5. The first-order chi connectivity index (χ1) is 13.2. The third kappa shape index (κ3) is 4.90. The molecule has 0 unspecified atom stereocenters. The Morgan fingerprint density at radius 3 is 2.81 bits per heavy atom. The molecule has 0 saturated carbocycles. The molecule has 8 nitrogen and oxygen atoms in total. The van der Waals surface area contributed by atoms with Gasteiger partial charge in [-0.2, -0.15) is 0 Å². The van der Waals surface area contributed by atoms with Crippen LogP contribution in [0, 0.1) is 0 Å². The molecule has 3 aromatic rings. The van der Waals surface area contributed by atoms with Gasteiger partial charge in [-0.15, -0.1) is 15.3 Å². The summed E-state index contributed by atoms with van der Waals surface area (Å²) in [6.07, 6.45) is 2.25. The quantitative estimate of drug-likeness (QED) is 0.332. The largest absolute Gasteiger partial charge is 0.378 e. The summed E-state index contributed by atoms with van der Waals surface area (Å²) in [4.78, 5) is 12.7. The SMILES string of the molecule is CCCCSc1nnc(NC(=O)c2nnn(-c3ccccc3)c2COC)s1. The molecule has 3 rings (SSSR count). The molecule has 2 heterocycles. The van der Waals surface area contributed by atoms with Crippen LogP contribution in [-0.2, 0) is 11.3 Å². The van der Waals surface area contributed by atoms with Gasteiger partial charge in [-0.3, -0.25) is 10.1 Å². The predicted molar refractivity (Wildman–Crippen MR) is 106 cm³/mol. The van der Waals surface area contributed by atoms with Gasteiger partial charge in [0.05, 0.1) is 12.3 Å². The van der Waals surface area contributed by atoms with Crippen LogP contribution in [0.25, 0.3) is 5.69 Å². The summed E-state index contributed by atoms with van der Waals surface area (Å²) in [7, 11) is 1.56. The van der Waals surface area contributed by atoms with Crippen LogP contribution < -0.4 is 5.32 Å². The van der Waals surface area contributed by atoms with Gasteiger partial charge in [0.2, 0.25) is 5.13 Å². The van der Waals surface area contributed by atoms with Crippen LogP contribution in [0.3, 0.4) is 0 Å². The minimum absolute atomic E-state index is 0.205. The lowest BCUT2D eigenvalue weighted by Crippen LogP contribution is -2.16. The van der Waals surface area contributed by atoms with Crippen molar-refractivity contribution in [2.45, 2.75) is 30.7 Å². The first kappa shape index (κ1) is 19.5. The van der Waals surface area contributed by atoms with Gasteiger partial charge in [0.1, 0.15) is 5.69 Å². The zero-order valence-electron chi connectivity index (χ0n) is 15.1. The molecular formula is C17H20N6O2S2. The zero-order valence-corrected chi connectivity index (χ0v) is 16.7. The number of anilines is 1. The van der Waals surface area contributed by atoms with E-state index in [1.807, 2.05) is 30.3 Å². The summed E-state index contributed by atoms with van der Waals surface area (Å²) in [5.41, 5.74) is 1.58. The lowest BCUT2D eigenvalue weighted by atomic mass is 10.2. The highest BCUT2D eigenvalue weighted by atomic mass is 32.2. The molecule has 1 N–H and O–H groups in total. The van der Waals surface area contributed by atoms with Gasteiger partial charge in [-0.1, -0.05) is 59.9 Å². The molecular weight excluding hydrogens is 384 g/mol. The number of ether oxygens (including phenoxy) is 1. The lowest BCUT2D eigenvalue weighted by Gasteiger charge is -2.06. The van der Waals surface area contributed by atoms with E-state index in [4.69, 9.17) is 4.74 Å². The summed E-state index contributed by atoms with van der Waals surface area (Å²) in [6, 6.07) is 9.48. The summed E-state index contributed by atoms with van der Waals surface area (Å²) in [5.74, 6) is 0.605. The number of carbonyl (C=O) groups excluding carboxylic acids is 1. The number of methoxy groups -OCH3 is 1. The number of amides is 1. The van der Waals surface area contributed by atoms with Crippen molar-refractivity contribution >= 4 is 34.1 Å². The van der Waals surface area contributed by atoms with E-state index >= 15 is 0 Å². The molecule has 142 valence electrons. The molecule has 0 aliphatic rings. The normalized spacial score (nSPS) is 10.9. The maximum atomic E-state index is 12.7. The molecule has 1 aromatic carbocycles. The number of benzene rings is 1. The standard InChI is InChI=1S/C17H20N6O2S2/c1-3-4-10-26-17-21-20-16(27-17)18-15(24)14-13(11-25-2)23(22-19-14)12-8-6-5-7-9-12/h5-9H,3-4,10-11H2,1-2H3,(H,18,20,24). The highest BCUT2D eigenvalue weighted by molar-refractivity contribution is 8.01. The Bertz CT molecular complexity index is 881. The third-order valence-corrected chi connectivity index (χ3v) is 5.67. The third-order valence-electron chi connectivity index (χ3n) is 3.61. The van der Waals surface area contributed by atoms with E-state index in [1.165, 1.54) is 11.3 Å². The topological polar surface area (TPSA) is 94.8 Å². The molecule has 0 fully saturated rings. The number of hydrogen-bond donors (Lipinski definition) is 1. The maximum Gasteiger partial charge on any atom is 0.280 e. The van der Waals surface area contributed by atoms with E-state index < -0.39 is 0 Å². The Hall–Kier alpha value is -2.30. The van der Waals surface area contributed by atoms with Gasteiger partial charge in [-0.05, 0) is 18.6 Å². The van der Waals surface area contributed by atoms with Gasteiger partial charge in [0.15, 0.2) is 10.0 Å². The van der Waals surface area contributed by atoms with Crippen LogP contribution in [0.1, 0.15) is 35.9 Å². The van der Waals surface area contributed by atoms with E-state index in [-0.39, 0.29) is 18.2 Å². The average Bonchev–Trinajstić information content (AvgIpc) is 3.30. The summed E-state index contributed by atoms with van der Waals surface area (Å²) < 4.78 is 7.68. The Labute approximate surface area is 165 Å². The number of thioether (sulfide) groups is 1. The molecule has 2 aromatic heterocycles. The summed E-state index contributed by atoms with van der Waals surface area (Å²) in [6.45, 7) is 2.35. The van der Waals surface area contributed by atoms with Crippen LogP contribution in [0.4, 0.5) is 5.13 Å². The number of unbranched alkanes of at least 4 members (excludes halogenated alkanes) is 1. The minimum Gasteiger partial charge on any atom is -0.378 e. The van der Waals surface area contributed by atoms with E-state index in [2.05, 4.69) is 32.7 Å². The number of carbonyl (C=O) groups is 1. The highest BCUT2D eigenvalue weighted by Crippen LogP contribution is 2.26. The van der Waals surface area contributed by atoms with Crippen molar-refractivity contribution in [1.29, 1.82) is 0 Å². The molecule has 0 spiro atoms. The predicted octanol–water partition coefficient (Wildman–Crippen LogP) is 3.41. The second-order valence-corrected chi connectivity index (χ2v) is 7.91. The van der Waals surface area contributed by atoms with Crippen molar-refractivity contribution in [2.24, 2.45) is 0 Å². The van der Waals surface area contributed by atoms with Crippen LogP contribution in [0.2, 0.25) is 0 Å². The second kappa shape index (κ2) is 9.58. The molecule has 10 heteroatoms.